The molecule has 4 rings (SSSR count). The highest BCUT2D eigenvalue weighted by Gasteiger charge is 2.29. The summed E-state index contributed by atoms with van der Waals surface area (Å²) < 4.78 is 8.27. The Hall–Kier alpha value is -2.82. The third kappa shape index (κ3) is 4.03. The first-order chi connectivity index (χ1) is 13.6. The minimum atomic E-state index is 0.181. The minimum Gasteiger partial charge on any atom is -0.491 e. The standard InChI is InChI=1S/C23H27N3O2/c1-16-6-5-9-21(17(16)2)28-15-14-26-20-8-4-3-7-19(20)25-22(26)12-13-24-23(27)18-10-11-18/h3-9,18H,10-15H2,1-2H3,(H,24,27). The Labute approximate surface area is 165 Å². The Kier molecular flexibility index (Phi) is 5.33. The maximum Gasteiger partial charge on any atom is 0.223 e. The zero-order chi connectivity index (χ0) is 19.5. The first kappa shape index (κ1) is 18.5. The summed E-state index contributed by atoms with van der Waals surface area (Å²) in [5.41, 5.74) is 4.51. The van der Waals surface area contributed by atoms with E-state index in [0.717, 1.165) is 48.4 Å². The highest BCUT2D eigenvalue weighted by Crippen LogP contribution is 2.28. The topological polar surface area (TPSA) is 56.1 Å². The van der Waals surface area contributed by atoms with Gasteiger partial charge in [-0.2, -0.15) is 0 Å². The number of hydrogen-bond donors (Lipinski definition) is 1. The Morgan fingerprint density at radius 3 is 2.82 bits per heavy atom. The SMILES string of the molecule is Cc1cccc(OCCn2c(CCNC(=O)C3CC3)nc3ccccc32)c1C. The molecule has 146 valence electrons. The van der Waals surface area contributed by atoms with Gasteiger partial charge >= 0.3 is 0 Å². The van der Waals surface area contributed by atoms with E-state index in [0.29, 0.717) is 13.2 Å². The largest absolute Gasteiger partial charge is 0.491 e. The van der Waals surface area contributed by atoms with Gasteiger partial charge in [0.25, 0.3) is 0 Å². The molecule has 0 spiro atoms. The molecule has 0 unspecified atom stereocenters. The van der Waals surface area contributed by atoms with Crippen LogP contribution in [0.25, 0.3) is 11.0 Å². The molecule has 5 nitrogen and oxygen atoms in total. The molecule has 5 heteroatoms. The lowest BCUT2D eigenvalue weighted by Gasteiger charge is -2.13. The second kappa shape index (κ2) is 8.05. The molecule has 0 bridgehead atoms. The van der Waals surface area contributed by atoms with Crippen LogP contribution in [0.2, 0.25) is 0 Å². The van der Waals surface area contributed by atoms with Crippen LogP contribution in [0.4, 0.5) is 0 Å². The Morgan fingerprint density at radius 1 is 1.18 bits per heavy atom. The van der Waals surface area contributed by atoms with Gasteiger partial charge in [0.05, 0.1) is 17.6 Å². The second-order valence-electron chi connectivity index (χ2n) is 7.53. The summed E-state index contributed by atoms with van der Waals surface area (Å²) in [5, 5.41) is 3.04. The van der Waals surface area contributed by atoms with E-state index in [2.05, 4.69) is 35.9 Å². The number of amides is 1. The van der Waals surface area contributed by atoms with Crippen LogP contribution in [-0.4, -0.2) is 28.6 Å². The molecule has 1 N–H and O–H groups in total. The van der Waals surface area contributed by atoms with Crippen molar-refractivity contribution in [2.45, 2.75) is 39.7 Å². The van der Waals surface area contributed by atoms with Gasteiger partial charge in [-0.1, -0.05) is 24.3 Å². The molecule has 28 heavy (non-hydrogen) atoms. The maximum atomic E-state index is 11.9. The summed E-state index contributed by atoms with van der Waals surface area (Å²) in [5.74, 6) is 2.34. The van der Waals surface area contributed by atoms with E-state index in [1.54, 1.807) is 0 Å². The van der Waals surface area contributed by atoms with E-state index in [9.17, 15) is 4.79 Å². The third-order valence-corrected chi connectivity index (χ3v) is 5.46. The Morgan fingerprint density at radius 2 is 2.00 bits per heavy atom. The number of nitrogens with one attached hydrogen (secondary N) is 1. The van der Waals surface area contributed by atoms with Crippen molar-refractivity contribution < 1.29 is 9.53 Å². The van der Waals surface area contributed by atoms with E-state index >= 15 is 0 Å². The van der Waals surface area contributed by atoms with Crippen molar-refractivity contribution in [1.29, 1.82) is 0 Å². The Bertz CT molecular complexity index is 989. The quantitative estimate of drug-likeness (QED) is 0.650. The predicted molar refractivity (Wildman–Crippen MR) is 111 cm³/mol. The maximum absolute atomic E-state index is 11.9. The summed E-state index contributed by atoms with van der Waals surface area (Å²) >= 11 is 0. The molecule has 1 aromatic heterocycles. The number of fused-ring (bicyclic) bond motifs is 1. The van der Waals surface area contributed by atoms with Crippen molar-refractivity contribution in [3.63, 3.8) is 0 Å². The summed E-state index contributed by atoms with van der Waals surface area (Å²) in [6.45, 7) is 6.10. The predicted octanol–water partition coefficient (Wildman–Crippen LogP) is 3.80. The first-order valence-electron chi connectivity index (χ1n) is 10.0. The van der Waals surface area contributed by atoms with E-state index in [1.807, 2.05) is 30.3 Å². The molecular formula is C23H27N3O2. The van der Waals surface area contributed by atoms with Crippen LogP contribution in [0.1, 0.15) is 29.8 Å². The molecule has 0 aliphatic heterocycles. The number of aryl methyl sites for hydroxylation is 1. The van der Waals surface area contributed by atoms with Gasteiger partial charge in [0.1, 0.15) is 18.2 Å². The van der Waals surface area contributed by atoms with Crippen molar-refractivity contribution in [3.05, 3.63) is 59.4 Å². The van der Waals surface area contributed by atoms with Crippen LogP contribution in [0.15, 0.2) is 42.5 Å². The van der Waals surface area contributed by atoms with Gasteiger partial charge in [-0.05, 0) is 56.0 Å². The lowest BCUT2D eigenvalue weighted by atomic mass is 10.1. The fraction of sp³-hybridized carbons (Fsp3) is 0.391. The molecule has 1 amide bonds. The van der Waals surface area contributed by atoms with Gasteiger partial charge in [0.15, 0.2) is 0 Å². The molecule has 0 atom stereocenters. The first-order valence-corrected chi connectivity index (χ1v) is 10.0. The van der Waals surface area contributed by atoms with Crippen LogP contribution in [0.3, 0.4) is 0 Å². The normalized spacial score (nSPS) is 13.6. The van der Waals surface area contributed by atoms with Crippen molar-refractivity contribution in [3.8, 4) is 5.75 Å². The van der Waals surface area contributed by atoms with E-state index < -0.39 is 0 Å². The number of nitrogens with zero attached hydrogens (tertiary/aromatic N) is 2. The molecular weight excluding hydrogens is 350 g/mol. The number of ether oxygens (including phenoxy) is 1. The minimum absolute atomic E-state index is 0.181. The number of carbonyl (C=O) groups excluding carboxylic acids is 1. The van der Waals surface area contributed by atoms with Crippen molar-refractivity contribution >= 4 is 16.9 Å². The highest BCUT2D eigenvalue weighted by molar-refractivity contribution is 5.80. The van der Waals surface area contributed by atoms with Gasteiger partial charge in [0, 0.05) is 18.9 Å². The molecule has 0 saturated heterocycles. The number of aromatic nitrogens is 2. The third-order valence-electron chi connectivity index (χ3n) is 5.46. The molecule has 1 fully saturated rings. The molecule has 1 heterocycles. The summed E-state index contributed by atoms with van der Waals surface area (Å²) in [4.78, 5) is 16.7. The summed E-state index contributed by atoms with van der Waals surface area (Å²) in [6.07, 6.45) is 2.77. The number of hydrogen-bond acceptors (Lipinski definition) is 3. The van der Waals surface area contributed by atoms with Gasteiger partial charge in [-0.25, -0.2) is 4.98 Å². The van der Waals surface area contributed by atoms with Crippen molar-refractivity contribution in [1.82, 2.24) is 14.9 Å². The fourth-order valence-electron chi connectivity index (χ4n) is 3.48. The molecule has 0 radical (unpaired) electrons. The molecule has 1 aliphatic carbocycles. The average molecular weight is 377 g/mol. The van der Waals surface area contributed by atoms with Crippen molar-refractivity contribution in [2.24, 2.45) is 5.92 Å². The fourth-order valence-corrected chi connectivity index (χ4v) is 3.48. The number of para-hydroxylation sites is 2. The van der Waals surface area contributed by atoms with Gasteiger partial charge in [-0.15, -0.1) is 0 Å². The van der Waals surface area contributed by atoms with Gasteiger partial charge < -0.3 is 14.6 Å². The molecule has 1 saturated carbocycles. The zero-order valence-electron chi connectivity index (χ0n) is 16.6. The molecule has 1 aliphatic rings. The van der Waals surface area contributed by atoms with Crippen LogP contribution >= 0.6 is 0 Å². The van der Waals surface area contributed by atoms with Crippen LogP contribution in [0, 0.1) is 19.8 Å². The smallest absolute Gasteiger partial charge is 0.223 e. The Balaban J connectivity index is 1.45. The number of rotatable bonds is 8. The summed E-state index contributed by atoms with van der Waals surface area (Å²) in [7, 11) is 0. The zero-order valence-corrected chi connectivity index (χ0v) is 16.6. The molecule has 3 aromatic rings. The van der Waals surface area contributed by atoms with Gasteiger partial charge in [-0.3, -0.25) is 4.79 Å². The lowest BCUT2D eigenvalue weighted by molar-refractivity contribution is -0.122. The van der Waals surface area contributed by atoms with Crippen LogP contribution in [0.5, 0.6) is 5.75 Å². The average Bonchev–Trinajstić information content (AvgIpc) is 3.49. The van der Waals surface area contributed by atoms with Gasteiger partial charge in [0.2, 0.25) is 5.91 Å². The lowest BCUT2D eigenvalue weighted by Crippen LogP contribution is -2.27. The molecule has 2 aromatic carbocycles. The second-order valence-corrected chi connectivity index (χ2v) is 7.53. The van der Waals surface area contributed by atoms with E-state index in [-0.39, 0.29) is 11.8 Å². The monoisotopic (exact) mass is 377 g/mol. The highest BCUT2D eigenvalue weighted by atomic mass is 16.5. The number of imidazole rings is 1. The summed E-state index contributed by atoms with van der Waals surface area (Å²) in [6, 6.07) is 14.3. The number of carbonyl (C=O) groups is 1. The van der Waals surface area contributed by atoms with Crippen molar-refractivity contribution in [2.75, 3.05) is 13.2 Å². The van der Waals surface area contributed by atoms with Crippen LogP contribution in [-0.2, 0) is 17.8 Å². The van der Waals surface area contributed by atoms with E-state index in [4.69, 9.17) is 9.72 Å². The van der Waals surface area contributed by atoms with Crippen LogP contribution < -0.4 is 10.1 Å². The van der Waals surface area contributed by atoms with E-state index in [1.165, 1.54) is 11.1 Å². The number of benzene rings is 2.